The molecular formula is C30H47AlO3. The second-order valence-electron chi connectivity index (χ2n) is 9.20. The molecule has 0 heterocycles. The summed E-state index contributed by atoms with van der Waals surface area (Å²) in [4.78, 5) is 0. The van der Waals surface area contributed by atoms with E-state index in [0.717, 1.165) is 62.9 Å². The normalized spacial score (nSPS) is 11.0. The summed E-state index contributed by atoms with van der Waals surface area (Å²) in [5, 5.41) is 0. The van der Waals surface area contributed by atoms with Crippen molar-refractivity contribution in [2.45, 2.75) is 112 Å². The number of unbranched alkanes of at least 4 members (excludes halogenated alkanes) is 4. The molecule has 0 fully saturated rings. The Balaban J connectivity index is 2.39. The molecule has 0 bridgehead atoms. The van der Waals surface area contributed by atoms with Crippen molar-refractivity contribution in [2.24, 2.45) is 0 Å². The van der Waals surface area contributed by atoms with Gasteiger partial charge in [0.2, 0.25) is 0 Å². The van der Waals surface area contributed by atoms with E-state index in [2.05, 4.69) is 64.1 Å². The van der Waals surface area contributed by atoms with Crippen molar-refractivity contribution in [1.82, 2.24) is 0 Å². The second kappa shape index (κ2) is 17.0. The van der Waals surface area contributed by atoms with Crippen LogP contribution < -0.4 is 7.58 Å². The van der Waals surface area contributed by atoms with Gasteiger partial charge in [-0.05, 0) is 80.5 Å². The van der Waals surface area contributed by atoms with E-state index < -0.39 is 15.1 Å². The molecule has 2 rings (SSSR count). The van der Waals surface area contributed by atoms with E-state index in [4.69, 9.17) is 11.4 Å². The molecule has 0 radical (unpaired) electrons. The molecule has 0 saturated heterocycles. The highest BCUT2D eigenvalue weighted by Gasteiger charge is 2.41. The van der Waals surface area contributed by atoms with Crippen molar-refractivity contribution in [3.63, 3.8) is 0 Å². The second-order valence-corrected chi connectivity index (χ2v) is 10.6. The lowest BCUT2D eigenvalue weighted by molar-refractivity contribution is 0.209. The van der Waals surface area contributed by atoms with E-state index >= 15 is 0 Å². The highest BCUT2D eigenvalue weighted by atomic mass is 27.3. The van der Waals surface area contributed by atoms with Crippen molar-refractivity contribution < 1.29 is 11.4 Å². The summed E-state index contributed by atoms with van der Waals surface area (Å²) in [6.07, 6.45) is 13.5. The van der Waals surface area contributed by atoms with Crippen LogP contribution in [-0.2, 0) is 29.5 Å². The van der Waals surface area contributed by atoms with E-state index in [1.165, 1.54) is 47.9 Å². The molecule has 0 N–H and O–H groups in total. The zero-order chi connectivity index (χ0) is 24.6. The third kappa shape index (κ3) is 9.29. The van der Waals surface area contributed by atoms with Crippen LogP contribution >= 0.6 is 0 Å². The summed E-state index contributed by atoms with van der Waals surface area (Å²) in [6, 6.07) is 13.3. The van der Waals surface area contributed by atoms with Crippen molar-refractivity contribution >= 4 is 15.1 Å². The van der Waals surface area contributed by atoms with E-state index in [1.54, 1.807) is 0 Å². The van der Waals surface area contributed by atoms with Gasteiger partial charge in [-0.15, -0.1) is 0 Å². The lowest BCUT2D eigenvalue weighted by Gasteiger charge is -2.23. The lowest BCUT2D eigenvalue weighted by atomic mass is 10.0. The Labute approximate surface area is 214 Å². The van der Waals surface area contributed by atoms with E-state index in [-0.39, 0.29) is 0 Å². The maximum Gasteiger partial charge on any atom is 1.10 e. The first-order valence-corrected chi connectivity index (χ1v) is 15.3. The molecule has 0 amide bonds. The third-order valence-electron chi connectivity index (χ3n) is 6.29. The summed E-state index contributed by atoms with van der Waals surface area (Å²) >= 11 is -2.43. The van der Waals surface area contributed by atoms with Crippen LogP contribution in [0.1, 0.15) is 108 Å². The maximum atomic E-state index is 6.73. The highest BCUT2D eigenvalue weighted by molar-refractivity contribution is 6.38. The van der Waals surface area contributed by atoms with E-state index in [9.17, 15) is 0 Å². The van der Waals surface area contributed by atoms with Crippen LogP contribution in [0.2, 0.25) is 0 Å². The molecule has 188 valence electrons. The Morgan fingerprint density at radius 2 is 0.853 bits per heavy atom. The molecule has 0 aliphatic heterocycles. The first-order chi connectivity index (χ1) is 16.7. The summed E-state index contributed by atoms with van der Waals surface area (Å²) < 4.78 is 19.6. The molecule has 0 saturated carbocycles. The van der Waals surface area contributed by atoms with Gasteiger partial charge in [-0.1, -0.05) is 89.8 Å². The monoisotopic (exact) mass is 482 g/mol. The van der Waals surface area contributed by atoms with Gasteiger partial charge in [0.1, 0.15) is 0 Å². The molecular weight excluding hydrogens is 435 g/mol. The predicted molar refractivity (Wildman–Crippen MR) is 146 cm³/mol. The van der Waals surface area contributed by atoms with Gasteiger partial charge in [-0.2, -0.15) is 0 Å². The molecule has 2 aromatic rings. The summed E-state index contributed by atoms with van der Waals surface area (Å²) in [6.45, 7) is 11.6. The fourth-order valence-corrected chi connectivity index (χ4v) is 5.70. The Bertz CT molecular complexity index is 703. The molecule has 0 aliphatic carbocycles. The minimum atomic E-state index is -2.43. The Hall–Kier alpha value is -1.47. The topological polar surface area (TPSA) is 27.7 Å². The number of hydrogen-bond donors (Lipinski definition) is 0. The number of rotatable bonds is 18. The van der Waals surface area contributed by atoms with Crippen LogP contribution in [-0.4, -0.2) is 21.8 Å². The van der Waals surface area contributed by atoms with Gasteiger partial charge in [0.25, 0.3) is 0 Å². The molecule has 0 unspecified atom stereocenters. The largest absolute Gasteiger partial charge is 1.10 e. The lowest BCUT2D eigenvalue weighted by Crippen LogP contribution is -2.35. The number of aryl methyl sites for hydroxylation is 4. The minimum Gasteiger partial charge on any atom is -0.588 e. The highest BCUT2D eigenvalue weighted by Crippen LogP contribution is 2.31. The SMILES string of the molecule is CCCCc1cccc(CCCC)c1[O][Al]([O]CC)[O]c1c(CCCC)cccc1CCCC. The van der Waals surface area contributed by atoms with Crippen molar-refractivity contribution in [1.29, 1.82) is 0 Å². The quantitative estimate of drug-likeness (QED) is 0.199. The van der Waals surface area contributed by atoms with Gasteiger partial charge in [-0.3, -0.25) is 0 Å². The molecule has 34 heavy (non-hydrogen) atoms. The molecule has 0 spiro atoms. The fraction of sp³-hybridized carbons (Fsp3) is 0.600. The molecule has 2 aromatic carbocycles. The van der Waals surface area contributed by atoms with Gasteiger partial charge in [0.05, 0.1) is 11.5 Å². The van der Waals surface area contributed by atoms with Gasteiger partial charge >= 0.3 is 15.1 Å². The van der Waals surface area contributed by atoms with Crippen LogP contribution in [0.3, 0.4) is 0 Å². The van der Waals surface area contributed by atoms with Crippen molar-refractivity contribution in [3.05, 3.63) is 58.7 Å². The number of para-hydroxylation sites is 2. The van der Waals surface area contributed by atoms with Crippen LogP contribution in [0.25, 0.3) is 0 Å². The van der Waals surface area contributed by atoms with Gasteiger partial charge < -0.3 is 11.4 Å². The smallest absolute Gasteiger partial charge is 0.588 e. The maximum absolute atomic E-state index is 6.73. The van der Waals surface area contributed by atoms with E-state index in [1.807, 2.05) is 6.92 Å². The standard InChI is InChI=1S/2C14H22O.C2H5O.Al/c2*1-3-5-8-12-10-7-11-13(14(12)15)9-6-4-2;1-2-3;/h2*7,10-11,15H,3-6,8-9H2,1-2H3;2H2,1H3;/q;;-1;+3/p-2. The van der Waals surface area contributed by atoms with E-state index in [0.29, 0.717) is 6.61 Å². The summed E-state index contributed by atoms with van der Waals surface area (Å²) in [5.74, 6) is 2.05. The van der Waals surface area contributed by atoms with Crippen LogP contribution in [0.4, 0.5) is 0 Å². The molecule has 0 atom stereocenters. The zero-order valence-electron chi connectivity index (χ0n) is 22.5. The van der Waals surface area contributed by atoms with Crippen LogP contribution in [0, 0.1) is 0 Å². The fourth-order valence-electron chi connectivity index (χ4n) is 4.26. The predicted octanol–water partition coefficient (Wildman–Crippen LogP) is 8.54. The molecule has 0 aromatic heterocycles. The average molecular weight is 483 g/mol. The summed E-state index contributed by atoms with van der Waals surface area (Å²) in [7, 11) is 0. The van der Waals surface area contributed by atoms with Crippen molar-refractivity contribution in [3.8, 4) is 11.5 Å². The van der Waals surface area contributed by atoms with Gasteiger partial charge in [0, 0.05) is 6.61 Å². The molecule has 4 heteroatoms. The third-order valence-corrected chi connectivity index (χ3v) is 7.75. The Morgan fingerprint density at radius 1 is 0.529 bits per heavy atom. The number of hydrogen-bond acceptors (Lipinski definition) is 3. The average Bonchev–Trinajstić information content (AvgIpc) is 2.85. The first kappa shape index (κ1) is 28.8. The van der Waals surface area contributed by atoms with Gasteiger partial charge in [-0.25, -0.2) is 0 Å². The minimum absolute atomic E-state index is 0.597. The Morgan fingerprint density at radius 3 is 1.12 bits per heavy atom. The van der Waals surface area contributed by atoms with Crippen LogP contribution in [0.15, 0.2) is 36.4 Å². The van der Waals surface area contributed by atoms with Gasteiger partial charge in [0.15, 0.2) is 0 Å². The summed E-state index contributed by atoms with van der Waals surface area (Å²) in [5.41, 5.74) is 5.17. The molecule has 0 aliphatic rings. The van der Waals surface area contributed by atoms with Crippen LogP contribution in [0.5, 0.6) is 11.5 Å². The molecule has 3 nitrogen and oxygen atoms in total. The van der Waals surface area contributed by atoms with Crippen molar-refractivity contribution in [2.75, 3.05) is 6.61 Å². The first-order valence-electron chi connectivity index (χ1n) is 13.8. The zero-order valence-corrected chi connectivity index (χ0v) is 23.6. The Kier molecular flexibility index (Phi) is 14.4. The number of benzene rings is 2.